The molecule has 0 radical (unpaired) electrons. The number of ether oxygens (including phenoxy) is 1. The van der Waals surface area contributed by atoms with Crippen molar-refractivity contribution in [2.75, 3.05) is 12.4 Å². The van der Waals surface area contributed by atoms with Crippen molar-refractivity contribution in [3.8, 4) is 11.8 Å². The number of nitriles is 1. The van der Waals surface area contributed by atoms with E-state index in [4.69, 9.17) is 10.00 Å². The highest BCUT2D eigenvalue weighted by atomic mass is 16.5. The summed E-state index contributed by atoms with van der Waals surface area (Å²) in [6.07, 6.45) is 0. The van der Waals surface area contributed by atoms with E-state index in [2.05, 4.69) is 5.32 Å². The van der Waals surface area contributed by atoms with Crippen molar-refractivity contribution in [2.45, 2.75) is 19.8 Å². The van der Waals surface area contributed by atoms with Gasteiger partial charge in [0.2, 0.25) is 0 Å². The second-order valence-corrected chi connectivity index (χ2v) is 3.68. The normalized spacial score (nSPS) is 9.69. The van der Waals surface area contributed by atoms with Gasteiger partial charge < -0.3 is 10.1 Å². The number of carbonyl (C=O) groups excluding carboxylic acids is 1. The molecule has 0 aliphatic heterocycles. The standard InChI is InChI=1S/C12H14N2O2/c1-8(2)10-6-9(14-12(15)7-13)4-5-11(10)16-3/h4-6,8H,1-3H3,(H,14,15). The summed E-state index contributed by atoms with van der Waals surface area (Å²) in [6, 6.07) is 6.82. The fourth-order valence-corrected chi connectivity index (χ4v) is 1.42. The van der Waals surface area contributed by atoms with E-state index in [0.29, 0.717) is 5.69 Å². The number of rotatable bonds is 3. The van der Waals surface area contributed by atoms with E-state index in [9.17, 15) is 4.79 Å². The van der Waals surface area contributed by atoms with Gasteiger partial charge in [0.15, 0.2) is 6.07 Å². The third-order valence-corrected chi connectivity index (χ3v) is 2.21. The fraction of sp³-hybridized carbons (Fsp3) is 0.333. The Morgan fingerprint density at radius 2 is 2.19 bits per heavy atom. The average Bonchev–Trinajstić information content (AvgIpc) is 2.28. The molecule has 84 valence electrons. The molecule has 0 aliphatic carbocycles. The molecule has 1 N–H and O–H groups in total. The first-order chi connectivity index (χ1) is 7.58. The highest BCUT2D eigenvalue weighted by Gasteiger charge is 2.09. The number of hydrogen-bond donors (Lipinski definition) is 1. The molecule has 0 aliphatic rings. The van der Waals surface area contributed by atoms with E-state index >= 15 is 0 Å². The third kappa shape index (κ3) is 2.74. The first-order valence-electron chi connectivity index (χ1n) is 4.97. The van der Waals surface area contributed by atoms with Crippen molar-refractivity contribution in [3.63, 3.8) is 0 Å². The van der Waals surface area contributed by atoms with E-state index in [1.165, 1.54) is 6.07 Å². The van der Waals surface area contributed by atoms with Crippen molar-refractivity contribution in [1.82, 2.24) is 0 Å². The van der Waals surface area contributed by atoms with E-state index in [-0.39, 0.29) is 5.92 Å². The number of benzene rings is 1. The SMILES string of the molecule is COc1ccc(NC(=O)C#N)cc1C(C)C. The zero-order valence-electron chi connectivity index (χ0n) is 9.57. The monoisotopic (exact) mass is 218 g/mol. The number of nitrogens with one attached hydrogen (secondary N) is 1. The van der Waals surface area contributed by atoms with Gasteiger partial charge in [-0.15, -0.1) is 0 Å². The van der Waals surface area contributed by atoms with Crippen molar-refractivity contribution in [2.24, 2.45) is 0 Å². The summed E-state index contributed by atoms with van der Waals surface area (Å²) >= 11 is 0. The first kappa shape index (κ1) is 12.1. The average molecular weight is 218 g/mol. The minimum atomic E-state index is -0.667. The second-order valence-electron chi connectivity index (χ2n) is 3.68. The van der Waals surface area contributed by atoms with Crippen LogP contribution in [0.3, 0.4) is 0 Å². The Morgan fingerprint density at radius 1 is 1.50 bits per heavy atom. The Balaban J connectivity index is 3.03. The van der Waals surface area contributed by atoms with Gasteiger partial charge in [0.05, 0.1) is 7.11 Å². The maximum absolute atomic E-state index is 10.9. The summed E-state index contributed by atoms with van der Waals surface area (Å²) < 4.78 is 5.22. The molecule has 4 nitrogen and oxygen atoms in total. The van der Waals surface area contributed by atoms with Crippen LogP contribution in [0, 0.1) is 11.3 Å². The van der Waals surface area contributed by atoms with Crippen LogP contribution in [0.25, 0.3) is 0 Å². The summed E-state index contributed by atoms with van der Waals surface area (Å²) in [4.78, 5) is 10.9. The van der Waals surface area contributed by atoms with Gasteiger partial charge in [-0.3, -0.25) is 4.79 Å². The van der Waals surface area contributed by atoms with Crippen molar-refractivity contribution in [3.05, 3.63) is 23.8 Å². The van der Waals surface area contributed by atoms with Crippen molar-refractivity contribution in [1.29, 1.82) is 5.26 Å². The molecule has 1 amide bonds. The van der Waals surface area contributed by atoms with Crippen LogP contribution < -0.4 is 10.1 Å². The van der Waals surface area contributed by atoms with Crippen molar-refractivity contribution >= 4 is 11.6 Å². The van der Waals surface area contributed by atoms with E-state index in [0.717, 1.165) is 11.3 Å². The summed E-state index contributed by atoms with van der Waals surface area (Å²) in [6.45, 7) is 4.07. The Morgan fingerprint density at radius 3 is 2.69 bits per heavy atom. The maximum Gasteiger partial charge on any atom is 0.326 e. The van der Waals surface area contributed by atoms with Gasteiger partial charge in [0.25, 0.3) is 0 Å². The van der Waals surface area contributed by atoms with Crippen LogP contribution in [0.1, 0.15) is 25.3 Å². The van der Waals surface area contributed by atoms with Crippen LogP contribution in [0.15, 0.2) is 18.2 Å². The quantitative estimate of drug-likeness (QED) is 0.791. The predicted octanol–water partition coefficient (Wildman–Crippen LogP) is 2.28. The van der Waals surface area contributed by atoms with E-state index in [1.54, 1.807) is 19.2 Å². The number of methoxy groups -OCH3 is 1. The summed E-state index contributed by atoms with van der Waals surface area (Å²) in [5, 5.41) is 10.9. The summed E-state index contributed by atoms with van der Waals surface area (Å²) in [5.41, 5.74) is 1.61. The highest BCUT2D eigenvalue weighted by Crippen LogP contribution is 2.28. The molecule has 0 atom stereocenters. The Hall–Kier alpha value is -2.02. The lowest BCUT2D eigenvalue weighted by molar-refractivity contribution is -0.111. The van der Waals surface area contributed by atoms with Crippen LogP contribution in [-0.2, 0) is 4.79 Å². The molecule has 0 saturated heterocycles. The number of anilines is 1. The van der Waals surface area contributed by atoms with Crippen LogP contribution in [0.2, 0.25) is 0 Å². The number of hydrogen-bond acceptors (Lipinski definition) is 3. The molecule has 16 heavy (non-hydrogen) atoms. The molecule has 4 heteroatoms. The van der Waals surface area contributed by atoms with Crippen LogP contribution in [0.5, 0.6) is 5.75 Å². The number of nitrogens with zero attached hydrogens (tertiary/aromatic N) is 1. The lowest BCUT2D eigenvalue weighted by Gasteiger charge is -2.13. The Labute approximate surface area is 94.8 Å². The molecular weight excluding hydrogens is 204 g/mol. The number of carbonyl (C=O) groups is 1. The molecule has 0 saturated carbocycles. The predicted molar refractivity (Wildman–Crippen MR) is 61.3 cm³/mol. The molecule has 1 rings (SSSR count). The first-order valence-corrected chi connectivity index (χ1v) is 4.97. The van der Waals surface area contributed by atoms with Gasteiger partial charge in [-0.1, -0.05) is 13.8 Å². The summed E-state index contributed by atoms with van der Waals surface area (Å²) in [7, 11) is 1.61. The smallest absolute Gasteiger partial charge is 0.326 e. The Kier molecular flexibility index (Phi) is 3.90. The second kappa shape index (κ2) is 5.17. The highest BCUT2D eigenvalue weighted by molar-refractivity contribution is 6.02. The van der Waals surface area contributed by atoms with Gasteiger partial charge in [-0.25, -0.2) is 0 Å². The van der Waals surface area contributed by atoms with E-state index in [1.807, 2.05) is 19.9 Å². The van der Waals surface area contributed by atoms with E-state index < -0.39 is 5.91 Å². The lowest BCUT2D eigenvalue weighted by Crippen LogP contribution is -2.08. The minimum absolute atomic E-state index is 0.286. The lowest BCUT2D eigenvalue weighted by atomic mass is 10.0. The molecule has 0 unspecified atom stereocenters. The molecule has 0 fully saturated rings. The van der Waals surface area contributed by atoms with Crippen LogP contribution >= 0.6 is 0 Å². The van der Waals surface area contributed by atoms with Gasteiger partial charge in [0.1, 0.15) is 5.75 Å². The van der Waals surface area contributed by atoms with Gasteiger partial charge in [0, 0.05) is 5.69 Å². The van der Waals surface area contributed by atoms with Gasteiger partial charge >= 0.3 is 5.91 Å². The Bertz CT molecular complexity index is 433. The number of amides is 1. The molecular formula is C12H14N2O2. The van der Waals surface area contributed by atoms with Crippen LogP contribution in [0.4, 0.5) is 5.69 Å². The minimum Gasteiger partial charge on any atom is -0.496 e. The maximum atomic E-state index is 10.9. The van der Waals surface area contributed by atoms with Gasteiger partial charge in [-0.05, 0) is 29.7 Å². The summed E-state index contributed by atoms with van der Waals surface area (Å²) in [5.74, 6) is 0.402. The molecule has 0 aromatic heterocycles. The topological polar surface area (TPSA) is 62.1 Å². The third-order valence-electron chi connectivity index (χ3n) is 2.21. The van der Waals surface area contributed by atoms with Crippen LogP contribution in [-0.4, -0.2) is 13.0 Å². The molecule has 1 aromatic rings. The largest absolute Gasteiger partial charge is 0.496 e. The fourth-order valence-electron chi connectivity index (χ4n) is 1.42. The molecule has 0 spiro atoms. The molecule has 0 heterocycles. The zero-order valence-corrected chi connectivity index (χ0v) is 9.57. The molecule has 1 aromatic carbocycles. The van der Waals surface area contributed by atoms with Gasteiger partial charge in [-0.2, -0.15) is 5.26 Å². The molecule has 0 bridgehead atoms. The van der Waals surface area contributed by atoms with Crippen molar-refractivity contribution < 1.29 is 9.53 Å². The zero-order chi connectivity index (χ0) is 12.1.